The van der Waals surface area contributed by atoms with Gasteiger partial charge in [-0.3, -0.25) is 4.79 Å². The lowest BCUT2D eigenvalue weighted by atomic mass is 9.95. The van der Waals surface area contributed by atoms with E-state index in [2.05, 4.69) is 10.6 Å². The molecule has 0 aromatic heterocycles. The molecule has 5 heteroatoms. The summed E-state index contributed by atoms with van der Waals surface area (Å²) >= 11 is 0. The molecule has 1 saturated carbocycles. The minimum atomic E-state index is -1.10. The molecule has 3 N–H and O–H groups in total. The molecule has 1 rings (SSSR count). The lowest BCUT2D eigenvalue weighted by Gasteiger charge is -2.27. The van der Waals surface area contributed by atoms with Crippen LogP contribution in [-0.2, 0) is 9.59 Å². The van der Waals surface area contributed by atoms with Crippen molar-refractivity contribution in [2.45, 2.75) is 32.2 Å². The van der Waals surface area contributed by atoms with E-state index in [-0.39, 0.29) is 17.7 Å². The molecule has 1 amide bonds. The number of nitrogens with one attached hydrogen (secondary N) is 2. The quantitative estimate of drug-likeness (QED) is 0.607. The van der Waals surface area contributed by atoms with Crippen LogP contribution in [0.5, 0.6) is 0 Å². The van der Waals surface area contributed by atoms with Gasteiger partial charge in [0.2, 0.25) is 5.91 Å². The summed E-state index contributed by atoms with van der Waals surface area (Å²) < 4.78 is 0. The Morgan fingerprint density at radius 1 is 1.50 bits per heavy atom. The minimum absolute atomic E-state index is 0.0794. The van der Waals surface area contributed by atoms with E-state index in [0.29, 0.717) is 6.54 Å². The Bertz CT molecular complexity index is 289. The molecule has 1 aliphatic carbocycles. The molecule has 0 heterocycles. The highest BCUT2D eigenvalue weighted by molar-refractivity contribution is 5.88. The van der Waals surface area contributed by atoms with Crippen LogP contribution >= 0.6 is 0 Å². The molecular formula is C11H20N2O3. The molecular weight excluding hydrogens is 208 g/mol. The van der Waals surface area contributed by atoms with Crippen molar-refractivity contribution in [2.24, 2.45) is 11.8 Å². The molecule has 92 valence electrons. The zero-order valence-electron chi connectivity index (χ0n) is 10.0. The summed E-state index contributed by atoms with van der Waals surface area (Å²) in [5, 5.41) is 14.7. The predicted octanol–water partition coefficient (Wildman–Crippen LogP) is 0.211. The maximum atomic E-state index is 11.8. The molecule has 1 fully saturated rings. The number of rotatable bonds is 6. The topological polar surface area (TPSA) is 78.4 Å². The van der Waals surface area contributed by atoms with Crippen LogP contribution in [0.3, 0.4) is 0 Å². The molecule has 0 saturated heterocycles. The van der Waals surface area contributed by atoms with Gasteiger partial charge in [0.05, 0.1) is 0 Å². The van der Waals surface area contributed by atoms with Gasteiger partial charge in [0.1, 0.15) is 5.54 Å². The van der Waals surface area contributed by atoms with Crippen molar-refractivity contribution in [1.29, 1.82) is 0 Å². The fourth-order valence-electron chi connectivity index (χ4n) is 1.77. The Kier molecular flexibility index (Phi) is 3.91. The molecule has 5 nitrogen and oxygen atoms in total. The normalized spacial score (nSPS) is 20.9. The molecule has 0 aromatic rings. The highest BCUT2D eigenvalue weighted by Gasteiger charge is 2.48. The van der Waals surface area contributed by atoms with Crippen molar-refractivity contribution in [3.8, 4) is 0 Å². The van der Waals surface area contributed by atoms with Gasteiger partial charge >= 0.3 is 5.97 Å². The maximum Gasteiger partial charge on any atom is 0.329 e. The number of hydrogen-bond donors (Lipinski definition) is 3. The fourth-order valence-corrected chi connectivity index (χ4v) is 1.77. The number of amides is 1. The highest BCUT2D eigenvalue weighted by Crippen LogP contribution is 2.39. The molecule has 0 radical (unpaired) electrons. The first-order chi connectivity index (χ1) is 7.41. The third-order valence-corrected chi connectivity index (χ3v) is 3.18. The van der Waals surface area contributed by atoms with Gasteiger partial charge in [-0.1, -0.05) is 6.92 Å². The summed E-state index contributed by atoms with van der Waals surface area (Å²) in [6.45, 7) is 3.92. The summed E-state index contributed by atoms with van der Waals surface area (Å²) in [6.07, 6.45) is 1.76. The number of carboxylic acid groups (broad SMARTS) is 1. The van der Waals surface area contributed by atoms with E-state index >= 15 is 0 Å². The summed E-state index contributed by atoms with van der Waals surface area (Å²) in [5.41, 5.74) is -1.10. The predicted molar refractivity (Wildman–Crippen MR) is 60.0 cm³/mol. The Morgan fingerprint density at radius 3 is 2.44 bits per heavy atom. The van der Waals surface area contributed by atoms with Crippen molar-refractivity contribution in [2.75, 3.05) is 13.6 Å². The van der Waals surface area contributed by atoms with Crippen molar-refractivity contribution in [3.63, 3.8) is 0 Å². The zero-order chi connectivity index (χ0) is 12.3. The van der Waals surface area contributed by atoms with Gasteiger partial charge in [-0.2, -0.15) is 0 Å². The second-order valence-electron chi connectivity index (χ2n) is 4.73. The van der Waals surface area contributed by atoms with E-state index in [9.17, 15) is 14.7 Å². The van der Waals surface area contributed by atoms with Crippen LogP contribution in [-0.4, -0.2) is 36.1 Å². The van der Waals surface area contributed by atoms with Gasteiger partial charge in [-0.15, -0.1) is 0 Å². The Labute approximate surface area is 95.6 Å². The lowest BCUT2D eigenvalue weighted by Crippen LogP contribution is -2.55. The number of carbonyl (C=O) groups is 2. The van der Waals surface area contributed by atoms with Gasteiger partial charge in [-0.25, -0.2) is 4.79 Å². The van der Waals surface area contributed by atoms with Gasteiger partial charge in [0.25, 0.3) is 0 Å². The zero-order valence-corrected chi connectivity index (χ0v) is 10.0. The van der Waals surface area contributed by atoms with Crippen molar-refractivity contribution >= 4 is 11.9 Å². The smallest absolute Gasteiger partial charge is 0.329 e. The van der Waals surface area contributed by atoms with Gasteiger partial charge in [-0.05, 0) is 32.7 Å². The van der Waals surface area contributed by atoms with E-state index in [4.69, 9.17) is 0 Å². The Morgan fingerprint density at radius 2 is 2.06 bits per heavy atom. The third kappa shape index (κ3) is 2.72. The van der Waals surface area contributed by atoms with Crippen LogP contribution in [0.2, 0.25) is 0 Å². The van der Waals surface area contributed by atoms with E-state index in [1.807, 2.05) is 0 Å². The van der Waals surface area contributed by atoms with Crippen LogP contribution < -0.4 is 10.6 Å². The number of carboxylic acids is 1. The van der Waals surface area contributed by atoms with E-state index in [0.717, 1.165) is 12.8 Å². The standard InChI is InChI=1S/C11H20N2O3/c1-7(6-12-3)9(14)13-11(2,10(15)16)8-4-5-8/h7-8,12H,4-6H2,1-3H3,(H,13,14)(H,15,16). The van der Waals surface area contributed by atoms with Crippen LogP contribution in [0.25, 0.3) is 0 Å². The van der Waals surface area contributed by atoms with Crippen molar-refractivity contribution in [3.05, 3.63) is 0 Å². The second kappa shape index (κ2) is 4.82. The Hall–Kier alpha value is -1.10. The summed E-state index contributed by atoms with van der Waals surface area (Å²) in [6, 6.07) is 0. The van der Waals surface area contributed by atoms with Crippen LogP contribution in [0.15, 0.2) is 0 Å². The van der Waals surface area contributed by atoms with Gasteiger partial charge in [0.15, 0.2) is 0 Å². The minimum Gasteiger partial charge on any atom is -0.480 e. The number of hydrogen-bond acceptors (Lipinski definition) is 3. The SMILES string of the molecule is CNCC(C)C(=O)NC(C)(C(=O)O)C1CC1. The summed E-state index contributed by atoms with van der Waals surface area (Å²) in [7, 11) is 1.76. The lowest BCUT2D eigenvalue weighted by molar-refractivity contribution is -0.148. The number of aliphatic carboxylic acids is 1. The highest BCUT2D eigenvalue weighted by atomic mass is 16.4. The molecule has 1 aliphatic rings. The molecule has 0 aliphatic heterocycles. The first-order valence-corrected chi connectivity index (χ1v) is 5.61. The average Bonchev–Trinajstić information content (AvgIpc) is 3.00. The summed E-state index contributed by atoms with van der Waals surface area (Å²) in [5.74, 6) is -1.29. The maximum absolute atomic E-state index is 11.8. The third-order valence-electron chi connectivity index (χ3n) is 3.18. The van der Waals surface area contributed by atoms with Crippen molar-refractivity contribution < 1.29 is 14.7 Å². The van der Waals surface area contributed by atoms with Crippen molar-refractivity contribution in [1.82, 2.24) is 10.6 Å². The van der Waals surface area contributed by atoms with Crippen LogP contribution in [0.4, 0.5) is 0 Å². The molecule has 2 unspecified atom stereocenters. The largest absolute Gasteiger partial charge is 0.480 e. The first-order valence-electron chi connectivity index (χ1n) is 5.61. The van der Waals surface area contributed by atoms with Gasteiger partial charge < -0.3 is 15.7 Å². The fraction of sp³-hybridized carbons (Fsp3) is 0.818. The van der Waals surface area contributed by atoms with Crippen LogP contribution in [0, 0.1) is 11.8 Å². The molecule has 0 spiro atoms. The summed E-state index contributed by atoms with van der Waals surface area (Å²) in [4.78, 5) is 23.0. The van der Waals surface area contributed by atoms with Gasteiger partial charge in [0, 0.05) is 12.5 Å². The molecule has 2 atom stereocenters. The average molecular weight is 228 g/mol. The number of carbonyl (C=O) groups excluding carboxylic acids is 1. The Balaban J connectivity index is 2.62. The molecule has 16 heavy (non-hydrogen) atoms. The second-order valence-corrected chi connectivity index (χ2v) is 4.73. The molecule has 0 bridgehead atoms. The first kappa shape index (κ1) is 13.0. The molecule has 0 aromatic carbocycles. The van der Waals surface area contributed by atoms with Crippen LogP contribution in [0.1, 0.15) is 26.7 Å². The van der Waals surface area contributed by atoms with E-state index in [1.165, 1.54) is 0 Å². The monoisotopic (exact) mass is 228 g/mol. The van der Waals surface area contributed by atoms with E-state index < -0.39 is 11.5 Å². The van der Waals surface area contributed by atoms with E-state index in [1.54, 1.807) is 20.9 Å².